The molecule has 1 aliphatic heterocycles. The van der Waals surface area contributed by atoms with E-state index in [-0.39, 0.29) is 18.1 Å². The summed E-state index contributed by atoms with van der Waals surface area (Å²) in [7, 11) is 0. The molecule has 0 spiro atoms. The van der Waals surface area contributed by atoms with Gasteiger partial charge < -0.3 is 15.4 Å². The average molecular weight is 343 g/mol. The topological polar surface area (TPSA) is 81.1 Å². The number of phenolic OH excluding ortho intramolecular Hbond substituents is 1. The van der Waals surface area contributed by atoms with Crippen LogP contribution in [0.25, 0.3) is 0 Å². The molecule has 0 fully saturated rings. The van der Waals surface area contributed by atoms with E-state index >= 15 is 0 Å². The molecule has 1 aliphatic rings. The molecule has 2 aromatic rings. The first-order chi connectivity index (χ1) is 11.5. The predicted molar refractivity (Wildman–Crippen MR) is 98.6 cm³/mol. The first-order valence-electron chi connectivity index (χ1n) is 7.82. The van der Waals surface area contributed by atoms with E-state index in [2.05, 4.69) is 23.4 Å². The lowest BCUT2D eigenvalue weighted by Crippen LogP contribution is -2.19. The zero-order valence-electron chi connectivity index (χ0n) is 13.5. The molecule has 1 unspecified atom stereocenters. The Morgan fingerprint density at radius 1 is 1.46 bits per heavy atom. The van der Waals surface area contributed by atoms with Gasteiger partial charge in [-0.25, -0.2) is 4.98 Å². The lowest BCUT2D eigenvalue weighted by atomic mass is 10.1. The Balaban J connectivity index is 1.87. The summed E-state index contributed by atoms with van der Waals surface area (Å²) in [5.74, 6) is -0.137. The molecule has 2 heterocycles. The van der Waals surface area contributed by atoms with Gasteiger partial charge in [-0.15, -0.1) is 0 Å². The fraction of sp³-hybridized carbons (Fsp3) is 0.278. The molecule has 1 amide bonds. The van der Waals surface area contributed by atoms with Crippen molar-refractivity contribution < 1.29 is 9.90 Å². The number of hydrogen-bond acceptors (Lipinski definition) is 3. The quantitative estimate of drug-likeness (QED) is 0.553. The molecule has 6 heteroatoms. The van der Waals surface area contributed by atoms with Gasteiger partial charge in [0.1, 0.15) is 5.75 Å². The van der Waals surface area contributed by atoms with Crippen LogP contribution in [0.5, 0.6) is 5.75 Å². The van der Waals surface area contributed by atoms with E-state index in [1.807, 2.05) is 10.6 Å². The number of imidazole rings is 1. The summed E-state index contributed by atoms with van der Waals surface area (Å²) in [5, 5.41) is 12.2. The fourth-order valence-electron chi connectivity index (χ4n) is 2.87. The first kappa shape index (κ1) is 16.5. The zero-order chi connectivity index (χ0) is 17.1. The van der Waals surface area contributed by atoms with Crippen molar-refractivity contribution in [2.75, 3.05) is 0 Å². The number of nitrogens with zero attached hydrogens (tertiary/aromatic N) is 2. The Labute approximate surface area is 144 Å². The normalized spacial score (nSPS) is 16.7. The minimum Gasteiger partial charge on any atom is -0.508 e. The van der Waals surface area contributed by atoms with Crippen molar-refractivity contribution in [2.24, 2.45) is 5.73 Å². The third-order valence-electron chi connectivity index (χ3n) is 4.15. The second-order valence-corrected chi connectivity index (χ2v) is 7.23. The number of benzene rings is 1. The number of hydrogen-bond donors (Lipinski definition) is 3. The average Bonchev–Trinajstić information content (AvgIpc) is 3.08. The summed E-state index contributed by atoms with van der Waals surface area (Å²) in [5.41, 5.74) is 9.51. The summed E-state index contributed by atoms with van der Waals surface area (Å²) in [6.07, 6.45) is 4.87. The van der Waals surface area contributed by atoms with Crippen LogP contribution in [0.3, 0.4) is 0 Å². The van der Waals surface area contributed by atoms with Crippen LogP contribution in [0.1, 0.15) is 23.9 Å². The number of primary amides is 1. The highest BCUT2D eigenvalue weighted by Crippen LogP contribution is 2.24. The van der Waals surface area contributed by atoms with Crippen LogP contribution in [-0.4, -0.2) is 31.2 Å². The summed E-state index contributed by atoms with van der Waals surface area (Å²) >= 11 is 1.27. The highest BCUT2D eigenvalue weighted by molar-refractivity contribution is 7.98. The van der Waals surface area contributed by atoms with Gasteiger partial charge in [-0.1, -0.05) is 23.8 Å². The lowest BCUT2D eigenvalue weighted by Gasteiger charge is -2.12. The molecule has 24 heavy (non-hydrogen) atoms. The third kappa shape index (κ3) is 3.76. The minimum absolute atomic E-state index is 0.171. The molecule has 3 N–H and O–H groups in total. The van der Waals surface area contributed by atoms with Crippen molar-refractivity contribution in [2.45, 2.75) is 31.6 Å². The Kier molecular flexibility index (Phi) is 4.85. The number of aromatic nitrogens is 2. The molecule has 126 valence electrons. The molecule has 0 bridgehead atoms. The molecule has 5 nitrogen and oxygen atoms in total. The number of rotatable bonds is 6. The Morgan fingerprint density at radius 3 is 2.96 bits per heavy atom. The van der Waals surface area contributed by atoms with Gasteiger partial charge in [-0.2, -0.15) is 11.4 Å². The van der Waals surface area contributed by atoms with Crippen molar-refractivity contribution >= 4 is 22.6 Å². The highest BCUT2D eigenvalue weighted by Gasteiger charge is 2.19. The summed E-state index contributed by atoms with van der Waals surface area (Å²) in [6.45, 7) is 2.67. The standard InChI is InChI=1S/C18H21N3O2S/c1-12-5-6-24-17(12)8-15-16(9-18(19)23)21(11-20-15)10-13-3-2-4-14(22)7-13/h2-7,11,17,22,24H,8-10H2,1H3,(H2,19,23). The molecule has 0 aliphatic carbocycles. The van der Waals surface area contributed by atoms with Crippen LogP contribution in [0.4, 0.5) is 0 Å². The number of amides is 1. The van der Waals surface area contributed by atoms with Crippen molar-refractivity contribution in [3.05, 3.63) is 59.2 Å². The Morgan fingerprint density at radius 2 is 2.29 bits per heavy atom. The van der Waals surface area contributed by atoms with Crippen LogP contribution >= 0.6 is 11.4 Å². The van der Waals surface area contributed by atoms with Crippen LogP contribution in [-0.2, 0) is 24.2 Å². The van der Waals surface area contributed by atoms with E-state index in [4.69, 9.17) is 5.73 Å². The van der Waals surface area contributed by atoms with Gasteiger partial charge in [0.2, 0.25) is 5.91 Å². The van der Waals surface area contributed by atoms with Gasteiger partial charge in [0.25, 0.3) is 0 Å². The molecule has 0 saturated carbocycles. The SMILES string of the molecule is CC1=CC=[SH]C1Cc1ncn(Cc2cccc(O)c2)c1CC(N)=O. The van der Waals surface area contributed by atoms with Crippen LogP contribution in [0.2, 0.25) is 0 Å². The molecular formula is C18H21N3O2S. The summed E-state index contributed by atoms with van der Waals surface area (Å²) < 4.78 is 1.95. The largest absolute Gasteiger partial charge is 0.508 e. The number of aromatic hydroxyl groups is 1. The lowest BCUT2D eigenvalue weighted by molar-refractivity contribution is -0.117. The van der Waals surface area contributed by atoms with Crippen molar-refractivity contribution in [1.82, 2.24) is 9.55 Å². The molecule has 0 radical (unpaired) electrons. The summed E-state index contributed by atoms with van der Waals surface area (Å²) in [4.78, 5) is 16.0. The first-order valence-corrected chi connectivity index (χ1v) is 8.85. The number of carbonyl (C=O) groups excluding carboxylic acids is 1. The van der Waals surface area contributed by atoms with Gasteiger partial charge in [0.05, 0.1) is 24.1 Å². The molecule has 1 aromatic heterocycles. The number of carbonyl (C=O) groups is 1. The maximum Gasteiger partial charge on any atom is 0.223 e. The third-order valence-corrected chi connectivity index (χ3v) is 5.42. The van der Waals surface area contributed by atoms with Crippen LogP contribution < -0.4 is 5.73 Å². The smallest absolute Gasteiger partial charge is 0.223 e. The Hall–Kier alpha value is -2.34. The number of nitrogens with two attached hydrogens (primary N) is 1. The molecule has 0 saturated heterocycles. The molecule has 3 rings (SSSR count). The predicted octanol–water partition coefficient (Wildman–Crippen LogP) is 1.80. The minimum atomic E-state index is -0.364. The zero-order valence-corrected chi connectivity index (χ0v) is 14.4. The van der Waals surface area contributed by atoms with E-state index < -0.39 is 0 Å². The number of thiol groups is 1. The van der Waals surface area contributed by atoms with E-state index in [9.17, 15) is 9.90 Å². The summed E-state index contributed by atoms with van der Waals surface area (Å²) in [6, 6.07) is 7.09. The van der Waals surface area contributed by atoms with Gasteiger partial charge in [0, 0.05) is 18.2 Å². The van der Waals surface area contributed by atoms with Gasteiger partial charge in [-0.3, -0.25) is 4.79 Å². The van der Waals surface area contributed by atoms with Gasteiger partial charge in [0.15, 0.2) is 0 Å². The van der Waals surface area contributed by atoms with Crippen LogP contribution in [0, 0.1) is 0 Å². The van der Waals surface area contributed by atoms with E-state index in [0.717, 1.165) is 23.4 Å². The number of allylic oxidation sites excluding steroid dienone is 1. The second-order valence-electron chi connectivity index (χ2n) is 6.01. The number of phenols is 1. The van der Waals surface area contributed by atoms with Crippen molar-refractivity contribution in [3.8, 4) is 5.75 Å². The molecular weight excluding hydrogens is 322 g/mol. The van der Waals surface area contributed by atoms with E-state index in [1.165, 1.54) is 16.9 Å². The fourth-order valence-corrected chi connectivity index (χ4v) is 3.99. The molecule has 1 atom stereocenters. The van der Waals surface area contributed by atoms with Crippen molar-refractivity contribution in [3.63, 3.8) is 0 Å². The van der Waals surface area contributed by atoms with Gasteiger partial charge >= 0.3 is 0 Å². The maximum atomic E-state index is 11.5. The Bertz CT molecular complexity index is 823. The van der Waals surface area contributed by atoms with Crippen molar-refractivity contribution in [1.29, 1.82) is 0 Å². The second kappa shape index (κ2) is 7.05. The van der Waals surface area contributed by atoms with E-state index in [1.54, 1.807) is 24.5 Å². The van der Waals surface area contributed by atoms with E-state index in [0.29, 0.717) is 11.8 Å². The van der Waals surface area contributed by atoms with Crippen LogP contribution in [0.15, 0.2) is 42.2 Å². The molecule has 1 aromatic carbocycles. The highest BCUT2D eigenvalue weighted by atomic mass is 32.1. The monoisotopic (exact) mass is 343 g/mol. The van der Waals surface area contributed by atoms with Gasteiger partial charge in [-0.05, 0) is 30.0 Å². The maximum absolute atomic E-state index is 11.5.